The second kappa shape index (κ2) is 6.80. The molecule has 2 fully saturated rings. The summed E-state index contributed by atoms with van der Waals surface area (Å²) in [7, 11) is 0. The third-order valence-corrected chi connectivity index (χ3v) is 5.70. The van der Waals surface area contributed by atoms with Gasteiger partial charge < -0.3 is 4.90 Å². The maximum Gasteiger partial charge on any atom is 0.0419 e. The first-order chi connectivity index (χ1) is 9.78. The van der Waals surface area contributed by atoms with E-state index in [0.717, 1.165) is 11.4 Å². The Labute approximate surface area is 138 Å². The molecule has 1 atom stereocenters. The van der Waals surface area contributed by atoms with Gasteiger partial charge in [-0.25, -0.2) is 0 Å². The van der Waals surface area contributed by atoms with Gasteiger partial charge in [-0.2, -0.15) is 0 Å². The van der Waals surface area contributed by atoms with E-state index in [0.29, 0.717) is 0 Å². The quantitative estimate of drug-likeness (QED) is 0.692. The molecular formula is C16H22Br2N2. The molecule has 0 aliphatic carbocycles. The van der Waals surface area contributed by atoms with E-state index in [-0.39, 0.29) is 0 Å². The van der Waals surface area contributed by atoms with Crippen molar-refractivity contribution in [3.05, 3.63) is 28.2 Å². The molecule has 0 saturated carbocycles. The van der Waals surface area contributed by atoms with Crippen LogP contribution in [0.2, 0.25) is 0 Å². The average Bonchev–Trinajstić information content (AvgIpc) is 2.98. The third-order valence-electron chi connectivity index (χ3n) is 4.60. The number of rotatable bonds is 3. The molecule has 4 heteroatoms. The summed E-state index contributed by atoms with van der Waals surface area (Å²) in [5.74, 6) is 0. The molecule has 1 aromatic rings. The summed E-state index contributed by atoms with van der Waals surface area (Å²) >= 11 is 7.23. The predicted molar refractivity (Wildman–Crippen MR) is 92.8 cm³/mol. The van der Waals surface area contributed by atoms with E-state index in [2.05, 4.69) is 59.9 Å². The van der Waals surface area contributed by atoms with Gasteiger partial charge >= 0.3 is 0 Å². The highest BCUT2D eigenvalue weighted by Crippen LogP contribution is 2.31. The Balaban J connectivity index is 1.71. The Hall–Kier alpha value is -0.0600. The highest BCUT2D eigenvalue weighted by atomic mass is 79.9. The van der Waals surface area contributed by atoms with Crippen molar-refractivity contribution in [2.45, 2.75) is 37.1 Å². The normalized spacial score (nSPS) is 24.3. The summed E-state index contributed by atoms with van der Waals surface area (Å²) in [6, 6.07) is 7.40. The summed E-state index contributed by atoms with van der Waals surface area (Å²) in [6.07, 6.45) is 5.51. The largest absolute Gasteiger partial charge is 0.370 e. The van der Waals surface area contributed by atoms with E-state index in [1.807, 2.05) is 0 Å². The zero-order valence-electron chi connectivity index (χ0n) is 11.8. The SMILES string of the molecule is BrCc1ccc(Br)cc1N1CCC(N2CCCCC2)C1. The monoisotopic (exact) mass is 400 g/mol. The molecule has 2 nitrogen and oxygen atoms in total. The Morgan fingerprint density at radius 3 is 2.65 bits per heavy atom. The molecule has 0 radical (unpaired) electrons. The maximum atomic E-state index is 3.62. The van der Waals surface area contributed by atoms with E-state index >= 15 is 0 Å². The van der Waals surface area contributed by atoms with Crippen molar-refractivity contribution in [1.82, 2.24) is 4.90 Å². The van der Waals surface area contributed by atoms with E-state index in [1.165, 1.54) is 67.6 Å². The van der Waals surface area contributed by atoms with E-state index in [9.17, 15) is 0 Å². The number of hydrogen-bond donors (Lipinski definition) is 0. The molecule has 0 bridgehead atoms. The van der Waals surface area contributed by atoms with Crippen LogP contribution in [0.25, 0.3) is 0 Å². The molecule has 1 unspecified atom stereocenters. The lowest BCUT2D eigenvalue weighted by atomic mass is 10.1. The predicted octanol–water partition coefficient (Wildman–Crippen LogP) is 4.41. The Morgan fingerprint density at radius 2 is 1.90 bits per heavy atom. The minimum absolute atomic E-state index is 0.762. The number of nitrogens with zero attached hydrogens (tertiary/aromatic N) is 2. The fourth-order valence-corrected chi connectivity index (χ4v) is 4.31. The van der Waals surface area contributed by atoms with Crippen molar-refractivity contribution in [2.75, 3.05) is 31.1 Å². The molecule has 0 amide bonds. The third kappa shape index (κ3) is 3.23. The van der Waals surface area contributed by atoms with Crippen LogP contribution >= 0.6 is 31.9 Å². The van der Waals surface area contributed by atoms with Gasteiger partial charge in [0.25, 0.3) is 0 Å². The molecule has 2 aliphatic rings. The molecule has 1 aromatic carbocycles. The fraction of sp³-hybridized carbons (Fsp3) is 0.625. The second-order valence-electron chi connectivity index (χ2n) is 5.89. The summed E-state index contributed by atoms with van der Waals surface area (Å²) in [6.45, 7) is 5.00. The van der Waals surface area contributed by atoms with Crippen LogP contribution in [0, 0.1) is 0 Å². The molecule has 2 heterocycles. The van der Waals surface area contributed by atoms with Crippen LogP contribution < -0.4 is 4.90 Å². The van der Waals surface area contributed by atoms with Crippen LogP contribution in [-0.4, -0.2) is 37.1 Å². The second-order valence-corrected chi connectivity index (χ2v) is 7.37. The molecular weight excluding hydrogens is 380 g/mol. The first kappa shape index (κ1) is 14.9. The van der Waals surface area contributed by atoms with Crippen molar-refractivity contribution >= 4 is 37.5 Å². The number of alkyl halides is 1. The van der Waals surface area contributed by atoms with Crippen molar-refractivity contribution in [1.29, 1.82) is 0 Å². The van der Waals surface area contributed by atoms with Crippen molar-refractivity contribution in [3.8, 4) is 0 Å². The minimum Gasteiger partial charge on any atom is -0.370 e. The molecule has 0 spiro atoms. The van der Waals surface area contributed by atoms with Gasteiger partial charge in [0.1, 0.15) is 0 Å². The smallest absolute Gasteiger partial charge is 0.0419 e. The van der Waals surface area contributed by atoms with Gasteiger partial charge in [-0.05, 0) is 50.0 Å². The van der Waals surface area contributed by atoms with Crippen molar-refractivity contribution < 1.29 is 0 Å². The fourth-order valence-electron chi connectivity index (χ4n) is 3.49. The molecule has 2 aliphatic heterocycles. The number of hydrogen-bond acceptors (Lipinski definition) is 2. The highest BCUT2D eigenvalue weighted by molar-refractivity contribution is 9.10. The van der Waals surface area contributed by atoms with Gasteiger partial charge in [0, 0.05) is 34.6 Å². The van der Waals surface area contributed by atoms with Crippen LogP contribution in [-0.2, 0) is 5.33 Å². The Morgan fingerprint density at radius 1 is 1.10 bits per heavy atom. The van der Waals surface area contributed by atoms with Crippen LogP contribution in [0.5, 0.6) is 0 Å². The van der Waals surface area contributed by atoms with E-state index in [1.54, 1.807) is 0 Å². The Bertz CT molecular complexity index is 458. The van der Waals surface area contributed by atoms with Gasteiger partial charge in [0.05, 0.1) is 0 Å². The highest BCUT2D eigenvalue weighted by Gasteiger charge is 2.29. The van der Waals surface area contributed by atoms with Crippen LogP contribution in [0.3, 0.4) is 0 Å². The van der Waals surface area contributed by atoms with E-state index in [4.69, 9.17) is 0 Å². The van der Waals surface area contributed by atoms with E-state index < -0.39 is 0 Å². The summed E-state index contributed by atoms with van der Waals surface area (Å²) in [5.41, 5.74) is 2.79. The van der Waals surface area contributed by atoms with Gasteiger partial charge in [-0.1, -0.05) is 44.3 Å². The van der Waals surface area contributed by atoms with Crippen LogP contribution in [0.1, 0.15) is 31.2 Å². The first-order valence-electron chi connectivity index (χ1n) is 7.61. The minimum atomic E-state index is 0.762. The molecule has 110 valence electrons. The summed E-state index contributed by atoms with van der Waals surface area (Å²) in [4.78, 5) is 5.29. The standard InChI is InChI=1S/C16H22Br2N2/c17-11-13-4-5-14(18)10-16(13)20-9-6-15(12-20)19-7-2-1-3-8-19/h4-5,10,15H,1-3,6-9,11-12H2. The summed E-state index contributed by atoms with van der Waals surface area (Å²) < 4.78 is 1.18. The number of halogens is 2. The number of anilines is 1. The van der Waals surface area contributed by atoms with Gasteiger partial charge in [0.15, 0.2) is 0 Å². The lowest BCUT2D eigenvalue weighted by Gasteiger charge is -2.32. The topological polar surface area (TPSA) is 6.48 Å². The van der Waals surface area contributed by atoms with Crippen molar-refractivity contribution in [2.24, 2.45) is 0 Å². The van der Waals surface area contributed by atoms with Crippen molar-refractivity contribution in [3.63, 3.8) is 0 Å². The number of benzene rings is 1. The van der Waals surface area contributed by atoms with Gasteiger partial charge in [-0.3, -0.25) is 4.90 Å². The molecule has 20 heavy (non-hydrogen) atoms. The zero-order chi connectivity index (χ0) is 13.9. The van der Waals surface area contributed by atoms with Crippen LogP contribution in [0.4, 0.5) is 5.69 Å². The average molecular weight is 402 g/mol. The first-order valence-corrected chi connectivity index (χ1v) is 9.53. The number of piperidine rings is 1. The molecule has 0 aromatic heterocycles. The lowest BCUT2D eigenvalue weighted by Crippen LogP contribution is -2.40. The summed E-state index contributed by atoms with van der Waals surface area (Å²) in [5, 5.41) is 0.931. The molecule has 2 saturated heterocycles. The maximum absolute atomic E-state index is 3.62. The molecule has 3 rings (SSSR count). The van der Waals surface area contributed by atoms with Gasteiger partial charge in [0.2, 0.25) is 0 Å². The molecule has 0 N–H and O–H groups in total. The Kier molecular flexibility index (Phi) is 5.05. The zero-order valence-corrected chi connectivity index (χ0v) is 15.0. The van der Waals surface area contributed by atoms with Crippen LogP contribution in [0.15, 0.2) is 22.7 Å². The lowest BCUT2D eigenvalue weighted by molar-refractivity contribution is 0.175. The number of likely N-dealkylation sites (tertiary alicyclic amines) is 1. The van der Waals surface area contributed by atoms with Gasteiger partial charge in [-0.15, -0.1) is 0 Å².